The van der Waals surface area contributed by atoms with Gasteiger partial charge in [-0.25, -0.2) is 0 Å². The van der Waals surface area contributed by atoms with E-state index in [0.29, 0.717) is 0 Å². The number of nitrogens with one attached hydrogen (secondary N) is 1. The predicted octanol–water partition coefficient (Wildman–Crippen LogP) is 1.77. The molecule has 2 unspecified atom stereocenters. The van der Waals surface area contributed by atoms with Gasteiger partial charge in [0.1, 0.15) is 5.75 Å². The van der Waals surface area contributed by atoms with Crippen molar-refractivity contribution in [2.75, 3.05) is 5.32 Å². The fourth-order valence-corrected chi connectivity index (χ4v) is 2.33. The smallest absolute Gasteiger partial charge is 0.229 e. The SMILES string of the molecule is Cc1cc(O)ccc1NC(=O)C1CCCC1N. The summed E-state index contributed by atoms with van der Waals surface area (Å²) in [5.41, 5.74) is 7.49. The van der Waals surface area contributed by atoms with Crippen LogP contribution in [0.3, 0.4) is 0 Å². The molecule has 1 aliphatic carbocycles. The summed E-state index contributed by atoms with van der Waals surface area (Å²) >= 11 is 0. The van der Waals surface area contributed by atoms with Crippen molar-refractivity contribution in [1.82, 2.24) is 0 Å². The highest BCUT2D eigenvalue weighted by Gasteiger charge is 2.30. The lowest BCUT2D eigenvalue weighted by Crippen LogP contribution is -2.34. The van der Waals surface area contributed by atoms with E-state index in [2.05, 4.69) is 5.32 Å². The van der Waals surface area contributed by atoms with Gasteiger partial charge < -0.3 is 16.2 Å². The van der Waals surface area contributed by atoms with Crippen molar-refractivity contribution < 1.29 is 9.90 Å². The number of aromatic hydroxyl groups is 1. The van der Waals surface area contributed by atoms with Crippen molar-refractivity contribution in [1.29, 1.82) is 0 Å². The molecule has 1 amide bonds. The number of aryl methyl sites for hydroxylation is 1. The van der Waals surface area contributed by atoms with Crippen molar-refractivity contribution in [2.24, 2.45) is 11.7 Å². The molecule has 4 N–H and O–H groups in total. The Bertz CT molecular complexity index is 431. The van der Waals surface area contributed by atoms with Crippen molar-refractivity contribution >= 4 is 11.6 Å². The molecule has 0 heterocycles. The van der Waals surface area contributed by atoms with Gasteiger partial charge in [-0.2, -0.15) is 0 Å². The Hall–Kier alpha value is -1.55. The second-order valence-electron chi connectivity index (χ2n) is 4.69. The van der Waals surface area contributed by atoms with E-state index in [0.717, 1.165) is 30.5 Å². The summed E-state index contributed by atoms with van der Waals surface area (Å²) in [6.07, 6.45) is 2.81. The average molecular weight is 234 g/mol. The van der Waals surface area contributed by atoms with E-state index >= 15 is 0 Å². The lowest BCUT2D eigenvalue weighted by molar-refractivity contribution is -0.120. The zero-order chi connectivity index (χ0) is 12.4. The summed E-state index contributed by atoms with van der Waals surface area (Å²) in [6.45, 7) is 1.85. The third kappa shape index (κ3) is 2.58. The first kappa shape index (κ1) is 11.9. The summed E-state index contributed by atoms with van der Waals surface area (Å²) in [6, 6.07) is 4.89. The minimum Gasteiger partial charge on any atom is -0.508 e. The summed E-state index contributed by atoms with van der Waals surface area (Å²) in [7, 11) is 0. The Balaban J connectivity index is 2.07. The van der Waals surface area contributed by atoms with Gasteiger partial charge in [-0.05, 0) is 43.5 Å². The number of amides is 1. The number of carbonyl (C=O) groups excluding carboxylic acids is 1. The van der Waals surface area contributed by atoms with Crippen LogP contribution in [-0.2, 0) is 4.79 Å². The topological polar surface area (TPSA) is 75.3 Å². The third-order valence-electron chi connectivity index (χ3n) is 3.37. The Morgan fingerprint density at radius 1 is 1.47 bits per heavy atom. The maximum atomic E-state index is 12.0. The number of rotatable bonds is 2. The molecule has 0 saturated heterocycles. The van der Waals surface area contributed by atoms with E-state index in [1.807, 2.05) is 6.92 Å². The van der Waals surface area contributed by atoms with Gasteiger partial charge in [0, 0.05) is 11.7 Å². The number of nitrogens with two attached hydrogens (primary N) is 1. The molecule has 4 nitrogen and oxygen atoms in total. The van der Waals surface area contributed by atoms with Crippen LogP contribution in [0.4, 0.5) is 5.69 Å². The van der Waals surface area contributed by atoms with Crippen LogP contribution < -0.4 is 11.1 Å². The molecule has 17 heavy (non-hydrogen) atoms. The highest BCUT2D eigenvalue weighted by molar-refractivity contribution is 5.94. The summed E-state index contributed by atoms with van der Waals surface area (Å²) in [4.78, 5) is 12.0. The van der Waals surface area contributed by atoms with E-state index < -0.39 is 0 Å². The average Bonchev–Trinajstić information content (AvgIpc) is 2.68. The molecule has 0 bridgehead atoms. The molecule has 0 radical (unpaired) electrons. The van der Waals surface area contributed by atoms with Gasteiger partial charge in [0.15, 0.2) is 0 Å². The quantitative estimate of drug-likeness (QED) is 0.682. The van der Waals surface area contributed by atoms with Gasteiger partial charge in [0.25, 0.3) is 0 Å². The number of phenols is 1. The Labute approximate surface area is 101 Å². The van der Waals surface area contributed by atoms with Crippen LogP contribution in [0.2, 0.25) is 0 Å². The number of benzene rings is 1. The highest BCUT2D eigenvalue weighted by Crippen LogP contribution is 2.26. The Morgan fingerprint density at radius 2 is 2.24 bits per heavy atom. The molecule has 1 fully saturated rings. The van der Waals surface area contributed by atoms with Crippen LogP contribution in [0.15, 0.2) is 18.2 Å². The lowest BCUT2D eigenvalue weighted by Gasteiger charge is -2.16. The van der Waals surface area contributed by atoms with Crippen molar-refractivity contribution in [3.63, 3.8) is 0 Å². The first-order valence-corrected chi connectivity index (χ1v) is 5.94. The van der Waals surface area contributed by atoms with E-state index in [1.165, 1.54) is 0 Å². The molecule has 1 aliphatic rings. The summed E-state index contributed by atoms with van der Waals surface area (Å²) < 4.78 is 0. The monoisotopic (exact) mass is 234 g/mol. The molecule has 1 aromatic carbocycles. The Kier molecular flexibility index (Phi) is 3.33. The van der Waals surface area contributed by atoms with Crippen LogP contribution in [0.25, 0.3) is 0 Å². The van der Waals surface area contributed by atoms with E-state index in [4.69, 9.17) is 5.73 Å². The number of anilines is 1. The number of hydrogen-bond donors (Lipinski definition) is 3. The molecule has 0 aromatic heterocycles. The van der Waals surface area contributed by atoms with E-state index in [-0.39, 0.29) is 23.6 Å². The van der Waals surface area contributed by atoms with E-state index in [1.54, 1.807) is 18.2 Å². The zero-order valence-corrected chi connectivity index (χ0v) is 9.94. The lowest BCUT2D eigenvalue weighted by atomic mass is 10.0. The molecular formula is C13H18N2O2. The van der Waals surface area contributed by atoms with Crippen LogP contribution in [0.5, 0.6) is 5.75 Å². The zero-order valence-electron chi connectivity index (χ0n) is 9.94. The van der Waals surface area contributed by atoms with Gasteiger partial charge in [0.05, 0.1) is 5.92 Å². The fraction of sp³-hybridized carbons (Fsp3) is 0.462. The van der Waals surface area contributed by atoms with E-state index in [9.17, 15) is 9.90 Å². The normalized spacial score (nSPS) is 23.6. The van der Waals surface area contributed by atoms with Crippen molar-refractivity contribution in [3.8, 4) is 5.75 Å². The van der Waals surface area contributed by atoms with Crippen LogP contribution in [0.1, 0.15) is 24.8 Å². The van der Waals surface area contributed by atoms with Crippen molar-refractivity contribution in [2.45, 2.75) is 32.2 Å². The highest BCUT2D eigenvalue weighted by atomic mass is 16.3. The molecule has 92 valence electrons. The molecule has 0 aliphatic heterocycles. The van der Waals surface area contributed by atoms with Crippen molar-refractivity contribution in [3.05, 3.63) is 23.8 Å². The Morgan fingerprint density at radius 3 is 2.82 bits per heavy atom. The van der Waals surface area contributed by atoms with Crippen LogP contribution >= 0.6 is 0 Å². The molecule has 4 heteroatoms. The number of phenolic OH excluding ortho intramolecular Hbond substituents is 1. The van der Waals surface area contributed by atoms with Crippen LogP contribution in [0, 0.1) is 12.8 Å². The summed E-state index contributed by atoms with van der Waals surface area (Å²) in [5.74, 6) is 0.116. The summed E-state index contributed by atoms with van der Waals surface area (Å²) in [5, 5.41) is 12.2. The third-order valence-corrected chi connectivity index (χ3v) is 3.37. The molecule has 1 saturated carbocycles. The standard InChI is InChI=1S/C13H18N2O2/c1-8-7-9(16)5-6-12(8)15-13(17)10-3-2-4-11(10)14/h5-7,10-11,16H,2-4,14H2,1H3,(H,15,17). The number of carbonyl (C=O) groups is 1. The predicted molar refractivity (Wildman–Crippen MR) is 66.8 cm³/mol. The molecule has 2 atom stereocenters. The largest absolute Gasteiger partial charge is 0.508 e. The maximum Gasteiger partial charge on any atom is 0.229 e. The molecule has 2 rings (SSSR count). The first-order valence-electron chi connectivity index (χ1n) is 5.94. The first-order chi connectivity index (χ1) is 8.08. The molecule has 1 aromatic rings. The minimum absolute atomic E-state index is 0.0104. The minimum atomic E-state index is -0.0804. The van der Waals surface area contributed by atoms with Gasteiger partial charge in [-0.15, -0.1) is 0 Å². The second kappa shape index (κ2) is 4.75. The molecular weight excluding hydrogens is 216 g/mol. The molecule has 0 spiro atoms. The maximum absolute atomic E-state index is 12.0. The second-order valence-corrected chi connectivity index (χ2v) is 4.69. The van der Waals surface area contributed by atoms with Gasteiger partial charge in [-0.1, -0.05) is 6.42 Å². The van der Waals surface area contributed by atoms with Gasteiger partial charge >= 0.3 is 0 Å². The van der Waals surface area contributed by atoms with Crippen LogP contribution in [-0.4, -0.2) is 17.1 Å². The van der Waals surface area contributed by atoms with Gasteiger partial charge in [0.2, 0.25) is 5.91 Å². The number of hydrogen-bond acceptors (Lipinski definition) is 3. The van der Waals surface area contributed by atoms with Gasteiger partial charge in [-0.3, -0.25) is 4.79 Å². The fourth-order valence-electron chi connectivity index (χ4n) is 2.33.